The van der Waals surface area contributed by atoms with E-state index in [9.17, 15) is 9.59 Å². The van der Waals surface area contributed by atoms with Crippen molar-refractivity contribution in [3.05, 3.63) is 20.3 Å². The van der Waals surface area contributed by atoms with E-state index >= 15 is 0 Å². The van der Waals surface area contributed by atoms with Gasteiger partial charge in [-0.2, -0.15) is 0 Å². The average Bonchev–Trinajstić information content (AvgIpc) is 2.41. The van der Waals surface area contributed by atoms with Crippen LogP contribution in [-0.2, 0) is 4.79 Å². The van der Waals surface area contributed by atoms with Crippen LogP contribution in [-0.4, -0.2) is 23.5 Å². The molecule has 6 heteroatoms. The van der Waals surface area contributed by atoms with Crippen molar-refractivity contribution in [2.45, 2.75) is 6.92 Å². The second-order valence-corrected chi connectivity index (χ2v) is 5.20. The number of carboxylic acids is 1. The maximum Gasteiger partial charge on any atom is 0.322 e. The van der Waals surface area contributed by atoms with Gasteiger partial charge < -0.3 is 10.4 Å². The van der Waals surface area contributed by atoms with Gasteiger partial charge in [0.15, 0.2) is 0 Å². The van der Waals surface area contributed by atoms with Gasteiger partial charge in [0.05, 0.1) is 9.35 Å². The Morgan fingerprint density at radius 1 is 1.64 bits per heavy atom. The number of hydrogen-bond acceptors (Lipinski definition) is 3. The summed E-state index contributed by atoms with van der Waals surface area (Å²) in [5.41, 5.74) is 0.480. The van der Waals surface area contributed by atoms with Gasteiger partial charge in [-0.1, -0.05) is 0 Å². The second-order valence-electron chi connectivity index (χ2n) is 2.62. The Hall–Kier alpha value is -0.880. The monoisotopic (exact) mass is 277 g/mol. The van der Waals surface area contributed by atoms with Crippen molar-refractivity contribution in [3.63, 3.8) is 0 Å². The molecule has 0 aliphatic carbocycles. The fraction of sp³-hybridized carbons (Fsp3) is 0.250. The van der Waals surface area contributed by atoms with Gasteiger partial charge in [0, 0.05) is 4.88 Å². The van der Waals surface area contributed by atoms with Crippen LogP contribution in [0.5, 0.6) is 0 Å². The highest BCUT2D eigenvalue weighted by molar-refractivity contribution is 9.11. The van der Waals surface area contributed by atoms with E-state index in [4.69, 9.17) is 5.11 Å². The van der Waals surface area contributed by atoms with Crippen LogP contribution in [0.25, 0.3) is 0 Å². The molecule has 0 fully saturated rings. The van der Waals surface area contributed by atoms with Gasteiger partial charge in [-0.05, 0) is 28.9 Å². The first kappa shape index (κ1) is 11.2. The standard InChI is InChI=1S/C8H8BrNO3S/c1-4-2-5(7(9)14-4)8(13)10-3-6(11)12/h2H,3H2,1H3,(H,10,13)(H,11,12). The lowest BCUT2D eigenvalue weighted by molar-refractivity contribution is -0.135. The van der Waals surface area contributed by atoms with Crippen molar-refractivity contribution in [1.29, 1.82) is 0 Å². The third-order valence-corrected chi connectivity index (χ3v) is 3.21. The molecule has 76 valence electrons. The minimum absolute atomic E-state index is 0.361. The lowest BCUT2D eigenvalue weighted by Gasteiger charge is -1.99. The van der Waals surface area contributed by atoms with E-state index < -0.39 is 5.97 Å². The lowest BCUT2D eigenvalue weighted by Crippen LogP contribution is -2.29. The molecular formula is C8H8BrNO3S. The molecule has 0 aromatic carbocycles. The molecule has 0 radical (unpaired) electrons. The summed E-state index contributed by atoms with van der Waals surface area (Å²) in [6.45, 7) is 1.52. The number of amides is 1. The Morgan fingerprint density at radius 3 is 2.71 bits per heavy atom. The van der Waals surface area contributed by atoms with Crippen LogP contribution in [0.4, 0.5) is 0 Å². The number of carbonyl (C=O) groups is 2. The van der Waals surface area contributed by atoms with Gasteiger partial charge in [-0.15, -0.1) is 11.3 Å². The molecule has 1 heterocycles. The Labute approximate surface area is 93.1 Å². The summed E-state index contributed by atoms with van der Waals surface area (Å²) in [6, 6.07) is 1.71. The van der Waals surface area contributed by atoms with Crippen LogP contribution >= 0.6 is 27.3 Å². The molecular weight excluding hydrogens is 270 g/mol. The first-order valence-electron chi connectivity index (χ1n) is 3.76. The topological polar surface area (TPSA) is 66.4 Å². The third-order valence-electron chi connectivity index (χ3n) is 1.45. The van der Waals surface area contributed by atoms with Gasteiger partial charge in [0.25, 0.3) is 5.91 Å². The second kappa shape index (κ2) is 4.56. The van der Waals surface area contributed by atoms with E-state index in [1.807, 2.05) is 6.92 Å². The SMILES string of the molecule is Cc1cc(C(=O)NCC(=O)O)c(Br)s1. The first-order chi connectivity index (χ1) is 6.50. The third kappa shape index (κ3) is 2.81. The number of aliphatic carboxylic acids is 1. The molecule has 1 rings (SSSR count). The average molecular weight is 278 g/mol. The van der Waals surface area contributed by atoms with Crippen molar-refractivity contribution >= 4 is 39.1 Å². The number of carbonyl (C=O) groups excluding carboxylic acids is 1. The number of rotatable bonds is 3. The van der Waals surface area contributed by atoms with E-state index in [1.165, 1.54) is 11.3 Å². The highest BCUT2D eigenvalue weighted by Gasteiger charge is 2.13. The fourth-order valence-electron chi connectivity index (χ4n) is 0.892. The zero-order chi connectivity index (χ0) is 10.7. The predicted octanol–water partition coefficient (Wildman–Crippen LogP) is 1.63. The fourth-order valence-corrected chi connectivity index (χ4v) is 2.67. The zero-order valence-electron chi connectivity index (χ0n) is 7.33. The van der Waals surface area contributed by atoms with Crippen molar-refractivity contribution in [3.8, 4) is 0 Å². The predicted molar refractivity (Wildman–Crippen MR) is 56.7 cm³/mol. The van der Waals surface area contributed by atoms with Crippen molar-refractivity contribution < 1.29 is 14.7 Å². The minimum atomic E-state index is -1.05. The number of carboxylic acid groups (broad SMARTS) is 1. The van der Waals surface area contributed by atoms with Crippen molar-refractivity contribution in [2.75, 3.05) is 6.54 Å². The quantitative estimate of drug-likeness (QED) is 0.883. The molecule has 2 N–H and O–H groups in total. The summed E-state index contributed by atoms with van der Waals surface area (Å²) < 4.78 is 0.720. The summed E-state index contributed by atoms with van der Waals surface area (Å²) in [4.78, 5) is 22.6. The summed E-state index contributed by atoms with van der Waals surface area (Å²) >= 11 is 4.68. The number of hydrogen-bond donors (Lipinski definition) is 2. The van der Waals surface area contributed by atoms with E-state index in [-0.39, 0.29) is 12.5 Å². The number of aryl methyl sites for hydroxylation is 1. The first-order valence-corrected chi connectivity index (χ1v) is 5.37. The summed E-state index contributed by atoms with van der Waals surface area (Å²) in [5, 5.41) is 10.7. The van der Waals surface area contributed by atoms with E-state index in [0.29, 0.717) is 5.56 Å². The largest absolute Gasteiger partial charge is 0.480 e. The molecule has 4 nitrogen and oxygen atoms in total. The van der Waals surface area contributed by atoms with Gasteiger partial charge in [0.1, 0.15) is 6.54 Å². The van der Waals surface area contributed by atoms with Crippen LogP contribution in [0, 0.1) is 6.92 Å². The van der Waals surface area contributed by atoms with Gasteiger partial charge in [-0.25, -0.2) is 0 Å². The number of halogens is 1. The Morgan fingerprint density at radius 2 is 2.29 bits per heavy atom. The molecule has 1 aromatic rings. The number of thiophene rings is 1. The Kier molecular flexibility index (Phi) is 3.65. The molecule has 0 unspecified atom stereocenters. The molecule has 0 aliphatic rings. The van der Waals surface area contributed by atoms with Crippen LogP contribution in [0.3, 0.4) is 0 Å². The van der Waals surface area contributed by atoms with Gasteiger partial charge in [-0.3, -0.25) is 9.59 Å². The van der Waals surface area contributed by atoms with Crippen molar-refractivity contribution in [2.24, 2.45) is 0 Å². The maximum atomic E-state index is 11.4. The molecule has 0 aliphatic heterocycles. The zero-order valence-corrected chi connectivity index (χ0v) is 9.74. The molecule has 14 heavy (non-hydrogen) atoms. The molecule has 1 amide bonds. The molecule has 0 bridgehead atoms. The Bertz CT molecular complexity index is 375. The lowest BCUT2D eigenvalue weighted by atomic mass is 10.3. The minimum Gasteiger partial charge on any atom is -0.480 e. The van der Waals surface area contributed by atoms with Crippen LogP contribution in [0.15, 0.2) is 9.85 Å². The highest BCUT2D eigenvalue weighted by Crippen LogP contribution is 2.27. The summed E-state index contributed by atoms with van der Waals surface area (Å²) in [7, 11) is 0. The molecule has 0 spiro atoms. The Balaban J connectivity index is 2.69. The normalized spacial score (nSPS) is 9.86. The van der Waals surface area contributed by atoms with Crippen LogP contribution < -0.4 is 5.32 Å². The van der Waals surface area contributed by atoms with E-state index in [1.54, 1.807) is 6.07 Å². The molecule has 0 atom stereocenters. The molecule has 1 aromatic heterocycles. The van der Waals surface area contributed by atoms with Crippen LogP contribution in [0.2, 0.25) is 0 Å². The molecule has 0 saturated carbocycles. The summed E-state index contributed by atoms with van der Waals surface area (Å²) in [6.07, 6.45) is 0. The van der Waals surface area contributed by atoms with E-state index in [0.717, 1.165) is 8.66 Å². The van der Waals surface area contributed by atoms with E-state index in [2.05, 4.69) is 21.2 Å². The van der Waals surface area contributed by atoms with Crippen molar-refractivity contribution in [1.82, 2.24) is 5.32 Å². The smallest absolute Gasteiger partial charge is 0.322 e. The maximum absolute atomic E-state index is 11.4. The molecule has 0 saturated heterocycles. The highest BCUT2D eigenvalue weighted by atomic mass is 79.9. The number of nitrogens with one attached hydrogen (secondary N) is 1. The van der Waals surface area contributed by atoms with Crippen LogP contribution in [0.1, 0.15) is 15.2 Å². The summed E-state index contributed by atoms with van der Waals surface area (Å²) in [5.74, 6) is -1.43. The van der Waals surface area contributed by atoms with Gasteiger partial charge in [0.2, 0.25) is 0 Å². The van der Waals surface area contributed by atoms with Gasteiger partial charge >= 0.3 is 5.97 Å².